The molecule has 0 bridgehead atoms. The SMILES string of the molecule is C=CC(C#N)=N/C(=C\C)C(C)C. The van der Waals surface area contributed by atoms with Crippen molar-refractivity contribution in [1.29, 1.82) is 5.26 Å². The average Bonchev–Trinajstić information content (AvgIpc) is 2.06. The molecule has 0 aromatic rings. The van der Waals surface area contributed by atoms with Crippen molar-refractivity contribution in [3.05, 3.63) is 24.4 Å². The lowest BCUT2D eigenvalue weighted by atomic mass is 10.1. The van der Waals surface area contributed by atoms with E-state index in [9.17, 15) is 0 Å². The van der Waals surface area contributed by atoms with Crippen molar-refractivity contribution in [2.45, 2.75) is 20.8 Å². The number of nitriles is 1. The molecular formula is C10H14N2. The fraction of sp³-hybridized carbons (Fsp3) is 0.400. The van der Waals surface area contributed by atoms with Gasteiger partial charge in [0.15, 0.2) is 0 Å². The van der Waals surface area contributed by atoms with Crippen LogP contribution in [0.5, 0.6) is 0 Å². The molecule has 0 aliphatic rings. The highest BCUT2D eigenvalue weighted by Crippen LogP contribution is 2.10. The zero-order valence-corrected chi connectivity index (χ0v) is 7.83. The van der Waals surface area contributed by atoms with Crippen LogP contribution in [0.3, 0.4) is 0 Å². The summed E-state index contributed by atoms with van der Waals surface area (Å²) in [5.74, 6) is 0.346. The van der Waals surface area contributed by atoms with E-state index in [1.165, 1.54) is 6.08 Å². The summed E-state index contributed by atoms with van der Waals surface area (Å²) in [6, 6.07) is 1.96. The quantitative estimate of drug-likeness (QED) is 0.588. The minimum atomic E-state index is 0.346. The predicted molar refractivity (Wildman–Crippen MR) is 51.8 cm³/mol. The number of rotatable bonds is 3. The van der Waals surface area contributed by atoms with Crippen LogP contribution in [0.1, 0.15) is 20.8 Å². The Kier molecular flexibility index (Phi) is 4.71. The highest BCUT2D eigenvalue weighted by molar-refractivity contribution is 6.07. The fourth-order valence-electron chi connectivity index (χ4n) is 0.782. The molecule has 2 nitrogen and oxygen atoms in total. The summed E-state index contributed by atoms with van der Waals surface area (Å²) < 4.78 is 0. The van der Waals surface area contributed by atoms with Crippen LogP contribution < -0.4 is 0 Å². The van der Waals surface area contributed by atoms with Gasteiger partial charge in [0.05, 0.1) is 0 Å². The highest BCUT2D eigenvalue weighted by atomic mass is 14.8. The summed E-state index contributed by atoms with van der Waals surface area (Å²) in [6.45, 7) is 9.49. The van der Waals surface area contributed by atoms with Crippen molar-refractivity contribution in [1.82, 2.24) is 0 Å². The van der Waals surface area contributed by atoms with Crippen molar-refractivity contribution < 1.29 is 0 Å². The third-order valence-corrected chi connectivity index (χ3v) is 1.44. The molecule has 0 saturated heterocycles. The molecule has 0 aliphatic carbocycles. The molecule has 0 atom stereocenters. The van der Waals surface area contributed by atoms with E-state index >= 15 is 0 Å². The van der Waals surface area contributed by atoms with Crippen LogP contribution in [-0.2, 0) is 0 Å². The van der Waals surface area contributed by atoms with E-state index in [1.807, 2.05) is 32.9 Å². The van der Waals surface area contributed by atoms with Crippen molar-refractivity contribution in [3.63, 3.8) is 0 Å². The van der Waals surface area contributed by atoms with Gasteiger partial charge in [-0.05, 0) is 18.9 Å². The molecule has 0 saturated carbocycles. The molecule has 0 aromatic heterocycles. The number of hydrogen-bond donors (Lipinski definition) is 0. The lowest BCUT2D eigenvalue weighted by Gasteiger charge is -2.03. The lowest BCUT2D eigenvalue weighted by Crippen LogP contribution is -1.95. The first-order valence-electron chi connectivity index (χ1n) is 3.93. The number of allylic oxidation sites excluding steroid dienone is 3. The van der Waals surface area contributed by atoms with Crippen LogP contribution in [0.2, 0.25) is 0 Å². The number of hydrogen-bond acceptors (Lipinski definition) is 2. The van der Waals surface area contributed by atoms with E-state index in [2.05, 4.69) is 11.6 Å². The Labute approximate surface area is 73.9 Å². The summed E-state index contributed by atoms with van der Waals surface area (Å²) >= 11 is 0. The maximum absolute atomic E-state index is 8.57. The maximum atomic E-state index is 8.57. The molecule has 0 aromatic carbocycles. The van der Waals surface area contributed by atoms with Gasteiger partial charge in [-0.1, -0.05) is 26.5 Å². The van der Waals surface area contributed by atoms with Crippen molar-refractivity contribution in [3.8, 4) is 6.07 Å². The van der Waals surface area contributed by atoms with Crippen LogP contribution >= 0.6 is 0 Å². The van der Waals surface area contributed by atoms with Gasteiger partial charge in [-0.2, -0.15) is 5.26 Å². The molecule has 0 fully saturated rings. The Bertz CT molecular complexity index is 252. The first-order valence-corrected chi connectivity index (χ1v) is 3.93. The molecule has 0 heterocycles. The lowest BCUT2D eigenvalue weighted by molar-refractivity contribution is 0.756. The van der Waals surface area contributed by atoms with E-state index in [4.69, 9.17) is 5.26 Å². The molecule has 0 spiro atoms. The van der Waals surface area contributed by atoms with Gasteiger partial charge in [-0.25, -0.2) is 4.99 Å². The van der Waals surface area contributed by atoms with Gasteiger partial charge in [0.25, 0.3) is 0 Å². The van der Waals surface area contributed by atoms with E-state index < -0.39 is 0 Å². The maximum Gasteiger partial charge on any atom is 0.140 e. The van der Waals surface area contributed by atoms with Crippen LogP contribution in [0.15, 0.2) is 29.4 Å². The molecular weight excluding hydrogens is 148 g/mol. The fourth-order valence-corrected chi connectivity index (χ4v) is 0.782. The third-order valence-electron chi connectivity index (χ3n) is 1.44. The van der Waals surface area contributed by atoms with Crippen molar-refractivity contribution in [2.24, 2.45) is 10.9 Å². The normalized spacial score (nSPS) is 12.9. The minimum absolute atomic E-state index is 0.346. The van der Waals surface area contributed by atoms with Gasteiger partial charge in [0, 0.05) is 5.70 Å². The molecule has 0 N–H and O–H groups in total. The van der Waals surface area contributed by atoms with Crippen LogP contribution in [0.25, 0.3) is 0 Å². The molecule has 0 unspecified atom stereocenters. The number of aliphatic imine (C=N–C) groups is 1. The summed E-state index contributed by atoms with van der Waals surface area (Å²) in [5, 5.41) is 8.57. The second-order valence-electron chi connectivity index (χ2n) is 2.68. The average molecular weight is 162 g/mol. The van der Waals surface area contributed by atoms with Crippen LogP contribution in [-0.4, -0.2) is 5.71 Å². The van der Waals surface area contributed by atoms with Crippen LogP contribution in [0.4, 0.5) is 0 Å². The van der Waals surface area contributed by atoms with E-state index in [0.29, 0.717) is 11.6 Å². The Morgan fingerprint density at radius 1 is 1.58 bits per heavy atom. The van der Waals surface area contributed by atoms with Crippen molar-refractivity contribution in [2.75, 3.05) is 0 Å². The molecule has 12 heavy (non-hydrogen) atoms. The van der Waals surface area contributed by atoms with Gasteiger partial charge in [-0.3, -0.25) is 0 Å². The van der Waals surface area contributed by atoms with Gasteiger partial charge < -0.3 is 0 Å². The van der Waals surface area contributed by atoms with Gasteiger partial charge in [0.1, 0.15) is 11.8 Å². The summed E-state index contributed by atoms with van der Waals surface area (Å²) in [4.78, 5) is 4.13. The second kappa shape index (κ2) is 5.31. The molecule has 64 valence electrons. The molecule has 0 rings (SSSR count). The highest BCUT2D eigenvalue weighted by Gasteiger charge is 2.00. The Hall–Kier alpha value is -1.36. The first kappa shape index (κ1) is 10.6. The summed E-state index contributed by atoms with van der Waals surface area (Å²) in [7, 11) is 0. The number of nitrogens with zero attached hydrogens (tertiary/aromatic N) is 2. The minimum Gasteiger partial charge on any atom is -0.242 e. The summed E-state index contributed by atoms with van der Waals surface area (Å²) in [6.07, 6.45) is 3.37. The van der Waals surface area contributed by atoms with Gasteiger partial charge >= 0.3 is 0 Å². The Morgan fingerprint density at radius 3 is 2.42 bits per heavy atom. The monoisotopic (exact) mass is 162 g/mol. The molecule has 0 aliphatic heterocycles. The third kappa shape index (κ3) is 3.16. The van der Waals surface area contributed by atoms with Crippen LogP contribution in [0, 0.1) is 17.2 Å². The first-order chi connectivity index (χ1) is 5.65. The molecule has 2 heteroatoms. The van der Waals surface area contributed by atoms with E-state index in [-0.39, 0.29) is 0 Å². The summed E-state index contributed by atoms with van der Waals surface area (Å²) in [5.41, 5.74) is 1.29. The van der Waals surface area contributed by atoms with E-state index in [1.54, 1.807) is 0 Å². The molecule has 0 radical (unpaired) electrons. The Morgan fingerprint density at radius 2 is 2.17 bits per heavy atom. The topological polar surface area (TPSA) is 36.1 Å². The van der Waals surface area contributed by atoms with E-state index in [0.717, 1.165) is 5.70 Å². The Balaban J connectivity index is 4.71. The van der Waals surface area contributed by atoms with Crippen molar-refractivity contribution >= 4 is 5.71 Å². The standard InChI is InChI=1S/C10H14N2/c1-5-9(7-11)12-10(6-2)8(3)4/h5-6,8H,1H2,2-4H3/b10-6-,12-9?. The van der Waals surface area contributed by atoms with Gasteiger partial charge in [0.2, 0.25) is 0 Å². The second-order valence-corrected chi connectivity index (χ2v) is 2.68. The predicted octanol–water partition coefficient (Wildman–Crippen LogP) is 2.70. The largest absolute Gasteiger partial charge is 0.242 e. The zero-order chi connectivity index (χ0) is 9.56. The van der Waals surface area contributed by atoms with Gasteiger partial charge in [-0.15, -0.1) is 0 Å². The molecule has 0 amide bonds. The smallest absolute Gasteiger partial charge is 0.140 e. The zero-order valence-electron chi connectivity index (χ0n) is 7.83.